The summed E-state index contributed by atoms with van der Waals surface area (Å²) in [6.07, 6.45) is 0. The number of nitrogens with one attached hydrogen (secondary N) is 1. The maximum Gasteiger partial charge on any atom is 0.442 e. The highest BCUT2D eigenvalue weighted by molar-refractivity contribution is 14.1. The zero-order valence-corrected chi connectivity index (χ0v) is 15.6. The Morgan fingerprint density at radius 3 is 2.58 bits per heavy atom. The van der Waals surface area contributed by atoms with E-state index in [9.17, 15) is 27.6 Å². The Balaban J connectivity index is 2.49. The first-order valence-electron chi connectivity index (χ1n) is 6.29. The second-order valence-corrected chi connectivity index (χ2v) is 6.90. The van der Waals surface area contributed by atoms with Gasteiger partial charge in [-0.15, -0.1) is 0 Å². The van der Waals surface area contributed by atoms with Gasteiger partial charge in [-0.25, -0.2) is 4.79 Å². The number of thiocarbonyl (C=S) groups is 1. The number of halogens is 4. The SMILES string of the molecule is O=C(O)COC(=S)CN1C(=O)[C@H](NC(=O)CSC(F)(F)F)[C@@H]1CI. The highest BCUT2D eigenvalue weighted by Gasteiger charge is 2.47. The first-order valence-corrected chi connectivity index (χ1v) is 9.21. The monoisotopic (exact) mass is 500 g/mol. The molecule has 7 nitrogen and oxygen atoms in total. The zero-order valence-electron chi connectivity index (χ0n) is 11.8. The van der Waals surface area contributed by atoms with E-state index in [1.807, 2.05) is 22.6 Å². The van der Waals surface area contributed by atoms with Crippen molar-refractivity contribution in [3.63, 3.8) is 0 Å². The predicted molar refractivity (Wildman–Crippen MR) is 91.0 cm³/mol. The van der Waals surface area contributed by atoms with Gasteiger partial charge >= 0.3 is 11.5 Å². The molecule has 1 saturated heterocycles. The molecule has 1 rings (SSSR count). The third kappa shape index (κ3) is 6.58. The van der Waals surface area contributed by atoms with Crippen LogP contribution in [0, 0.1) is 0 Å². The van der Waals surface area contributed by atoms with Gasteiger partial charge < -0.3 is 20.1 Å². The molecule has 0 aliphatic carbocycles. The molecule has 0 spiro atoms. The summed E-state index contributed by atoms with van der Waals surface area (Å²) in [4.78, 5) is 35.1. The second kappa shape index (κ2) is 9.03. The standard InChI is InChI=1S/C11H12F3IN2O5S2/c12-11(13,14)24-4-6(18)16-9-5(1-15)17(10(9)21)2-8(23)22-3-7(19)20/h5,9H,1-4H2,(H,16,18)(H,19,20)/t5-,9+/m0/s1. The molecule has 2 atom stereocenters. The van der Waals surface area contributed by atoms with Gasteiger partial charge in [0.1, 0.15) is 6.04 Å². The Labute approximate surface area is 157 Å². The van der Waals surface area contributed by atoms with Crippen LogP contribution < -0.4 is 5.32 Å². The van der Waals surface area contributed by atoms with E-state index in [1.165, 1.54) is 4.90 Å². The van der Waals surface area contributed by atoms with Crippen LogP contribution in [0.15, 0.2) is 0 Å². The highest BCUT2D eigenvalue weighted by Crippen LogP contribution is 2.30. The van der Waals surface area contributed by atoms with E-state index in [0.717, 1.165) is 0 Å². The molecule has 136 valence electrons. The smallest absolute Gasteiger partial charge is 0.442 e. The Bertz CT molecular complexity index is 534. The number of amides is 2. The summed E-state index contributed by atoms with van der Waals surface area (Å²) in [5.41, 5.74) is -4.52. The molecule has 0 unspecified atom stereocenters. The van der Waals surface area contributed by atoms with E-state index >= 15 is 0 Å². The molecule has 0 radical (unpaired) electrons. The molecule has 24 heavy (non-hydrogen) atoms. The Hall–Kier alpha value is -0.830. The molecule has 1 heterocycles. The number of carboxylic acids is 1. The summed E-state index contributed by atoms with van der Waals surface area (Å²) in [5, 5.41) is 10.6. The topological polar surface area (TPSA) is 95.9 Å². The minimum atomic E-state index is -4.52. The predicted octanol–water partition coefficient (Wildman–Crippen LogP) is 0.799. The van der Waals surface area contributed by atoms with E-state index in [-0.39, 0.29) is 11.6 Å². The molecule has 0 saturated carbocycles. The van der Waals surface area contributed by atoms with Gasteiger partial charge in [0.05, 0.1) is 18.3 Å². The number of aliphatic carboxylic acids is 1. The van der Waals surface area contributed by atoms with E-state index in [2.05, 4.69) is 5.32 Å². The molecule has 0 aromatic carbocycles. The Morgan fingerprint density at radius 2 is 2.08 bits per heavy atom. The van der Waals surface area contributed by atoms with Crippen molar-refractivity contribution in [3.05, 3.63) is 0 Å². The number of thioether (sulfide) groups is 1. The number of carbonyl (C=O) groups excluding carboxylic acids is 2. The summed E-state index contributed by atoms with van der Waals surface area (Å²) in [6.45, 7) is -0.761. The fourth-order valence-corrected chi connectivity index (χ4v) is 3.38. The Morgan fingerprint density at radius 1 is 1.46 bits per heavy atom. The molecule has 0 bridgehead atoms. The third-order valence-electron chi connectivity index (χ3n) is 2.83. The molecule has 13 heteroatoms. The second-order valence-electron chi connectivity index (χ2n) is 4.52. The van der Waals surface area contributed by atoms with Crippen molar-refractivity contribution in [1.29, 1.82) is 0 Å². The maximum atomic E-state index is 12.0. The van der Waals surface area contributed by atoms with Gasteiger partial charge in [-0.1, -0.05) is 22.6 Å². The molecule has 2 N–H and O–H groups in total. The molecular weight excluding hydrogens is 488 g/mol. The third-order valence-corrected chi connectivity index (χ3v) is 4.72. The number of alkyl halides is 4. The lowest BCUT2D eigenvalue weighted by molar-refractivity contribution is -0.150. The lowest BCUT2D eigenvalue weighted by atomic mass is 9.97. The number of likely N-dealkylation sites (tertiary alicyclic amines) is 1. The van der Waals surface area contributed by atoms with E-state index in [4.69, 9.17) is 22.1 Å². The number of hydrogen-bond donors (Lipinski definition) is 2. The largest absolute Gasteiger partial charge is 0.479 e. The van der Waals surface area contributed by atoms with Crippen molar-refractivity contribution in [3.8, 4) is 0 Å². The lowest BCUT2D eigenvalue weighted by Crippen LogP contribution is -2.72. The highest BCUT2D eigenvalue weighted by atomic mass is 127. The molecule has 2 amide bonds. The quantitative estimate of drug-likeness (QED) is 0.220. The van der Waals surface area contributed by atoms with Crippen LogP contribution in [0.1, 0.15) is 0 Å². The normalized spacial score (nSPS) is 20.3. The van der Waals surface area contributed by atoms with Crippen LogP contribution in [0.25, 0.3) is 0 Å². The van der Waals surface area contributed by atoms with Crippen LogP contribution in [0.4, 0.5) is 13.2 Å². The van der Waals surface area contributed by atoms with E-state index in [0.29, 0.717) is 4.43 Å². The van der Waals surface area contributed by atoms with Crippen LogP contribution >= 0.6 is 46.6 Å². The van der Waals surface area contributed by atoms with Gasteiger partial charge in [-0.3, -0.25) is 9.59 Å². The number of nitrogens with zero attached hydrogens (tertiary/aromatic N) is 1. The van der Waals surface area contributed by atoms with Crippen LogP contribution in [-0.2, 0) is 19.1 Å². The van der Waals surface area contributed by atoms with Crippen molar-refractivity contribution in [2.45, 2.75) is 17.6 Å². The van der Waals surface area contributed by atoms with Gasteiger partial charge in [0, 0.05) is 4.43 Å². The molecule has 0 aromatic heterocycles. The van der Waals surface area contributed by atoms with E-state index in [1.54, 1.807) is 0 Å². The lowest BCUT2D eigenvalue weighted by Gasteiger charge is -2.46. The van der Waals surface area contributed by atoms with Crippen molar-refractivity contribution >= 4 is 69.4 Å². The summed E-state index contributed by atoms with van der Waals surface area (Å²) < 4.78 is 41.3. The molecule has 1 aliphatic heterocycles. The first-order chi connectivity index (χ1) is 11.0. The minimum Gasteiger partial charge on any atom is -0.479 e. The first kappa shape index (κ1) is 21.2. The number of ether oxygens (including phenoxy) is 1. The van der Waals surface area contributed by atoms with Crippen LogP contribution in [-0.4, -0.2) is 73.8 Å². The number of β-lactam (4-membered cyclic amide) rings is 1. The Kier molecular flexibility index (Phi) is 7.98. The zero-order chi connectivity index (χ0) is 18.5. The summed E-state index contributed by atoms with van der Waals surface area (Å²) >= 11 is 6.28. The molecule has 1 fully saturated rings. The number of rotatable bonds is 8. The maximum absolute atomic E-state index is 12.0. The molecule has 1 aliphatic rings. The van der Waals surface area contributed by atoms with Gasteiger partial charge in [0.25, 0.3) is 0 Å². The number of hydrogen-bond acceptors (Lipinski definition) is 6. The average Bonchev–Trinajstić information content (AvgIpc) is 2.48. The van der Waals surface area contributed by atoms with Crippen molar-refractivity contribution in [2.75, 3.05) is 23.3 Å². The van der Waals surface area contributed by atoms with Crippen molar-refractivity contribution in [2.24, 2.45) is 0 Å². The van der Waals surface area contributed by atoms with Gasteiger partial charge in [0.2, 0.25) is 11.8 Å². The van der Waals surface area contributed by atoms with Crippen LogP contribution in [0.3, 0.4) is 0 Å². The minimum absolute atomic E-state index is 0.0991. The van der Waals surface area contributed by atoms with Gasteiger partial charge in [-0.2, -0.15) is 13.2 Å². The van der Waals surface area contributed by atoms with Gasteiger partial charge in [-0.05, 0) is 24.0 Å². The summed E-state index contributed by atoms with van der Waals surface area (Å²) in [6, 6.07) is -1.38. The van der Waals surface area contributed by atoms with Crippen LogP contribution in [0.5, 0.6) is 0 Å². The number of carbonyl (C=O) groups is 3. The van der Waals surface area contributed by atoms with Crippen molar-refractivity contribution in [1.82, 2.24) is 10.2 Å². The van der Waals surface area contributed by atoms with Crippen LogP contribution in [0.2, 0.25) is 0 Å². The molecular formula is C11H12F3IN2O5S2. The fourth-order valence-electron chi connectivity index (χ4n) is 1.82. The summed E-state index contributed by atoms with van der Waals surface area (Å²) in [5.74, 6) is -3.45. The van der Waals surface area contributed by atoms with E-state index < -0.39 is 59.5 Å². The fraction of sp³-hybridized carbons (Fsp3) is 0.636. The average molecular weight is 500 g/mol. The van der Waals surface area contributed by atoms with Crippen molar-refractivity contribution < 1.29 is 37.4 Å². The molecule has 0 aromatic rings. The summed E-state index contributed by atoms with van der Waals surface area (Å²) in [7, 11) is 0. The number of carboxylic acid groups (broad SMARTS) is 1. The van der Waals surface area contributed by atoms with Gasteiger partial charge in [0.15, 0.2) is 11.7 Å².